The molecular weight excluding hydrogens is 512 g/mol. The van der Waals surface area contributed by atoms with Crippen molar-refractivity contribution < 1.29 is 23.9 Å². The van der Waals surface area contributed by atoms with Gasteiger partial charge < -0.3 is 36.2 Å². The number of rotatable bonds is 12. The van der Waals surface area contributed by atoms with Crippen molar-refractivity contribution in [1.82, 2.24) is 20.9 Å². The lowest BCUT2D eigenvalue weighted by atomic mass is 10.1. The van der Waals surface area contributed by atoms with Gasteiger partial charge in [0.05, 0.1) is 5.57 Å². The minimum atomic E-state index is -1.20. The molecule has 1 aliphatic heterocycles. The van der Waals surface area contributed by atoms with Gasteiger partial charge in [0, 0.05) is 44.2 Å². The number of nitrogens with one attached hydrogen (secondary N) is 5. The molecule has 0 saturated carbocycles. The smallest absolute Gasteiger partial charge is 0.408 e. The van der Waals surface area contributed by atoms with Crippen LogP contribution in [0, 0.1) is 5.41 Å². The molecule has 40 heavy (non-hydrogen) atoms. The Bertz CT molecular complexity index is 1210. The molecule has 0 fully saturated rings. The largest absolute Gasteiger partial charge is 0.458 e. The molecule has 2 aromatic rings. The maximum atomic E-state index is 12.7. The van der Waals surface area contributed by atoms with E-state index >= 15 is 0 Å². The van der Waals surface area contributed by atoms with Crippen LogP contribution >= 0.6 is 0 Å². The number of pyridine rings is 1. The Hall–Kier alpha value is -4.41. The fourth-order valence-corrected chi connectivity index (χ4v) is 3.83. The second kappa shape index (κ2) is 14.7. The van der Waals surface area contributed by atoms with Crippen LogP contribution in [0.25, 0.3) is 0 Å². The van der Waals surface area contributed by atoms with Gasteiger partial charge in [-0.05, 0) is 50.8 Å². The Morgan fingerprint density at radius 3 is 2.65 bits per heavy atom. The van der Waals surface area contributed by atoms with Crippen molar-refractivity contribution >= 4 is 30.0 Å². The summed E-state index contributed by atoms with van der Waals surface area (Å²) in [7, 11) is 0. The molecule has 1 aliphatic rings. The van der Waals surface area contributed by atoms with Crippen LogP contribution < -0.4 is 21.3 Å². The van der Waals surface area contributed by atoms with Gasteiger partial charge in [0.15, 0.2) is 0 Å². The molecule has 3 rings (SSSR count). The molecule has 2 heterocycles. The molecule has 2 amide bonds. The summed E-state index contributed by atoms with van der Waals surface area (Å²) in [6.45, 7) is 6.28. The zero-order valence-corrected chi connectivity index (χ0v) is 23.2. The summed E-state index contributed by atoms with van der Waals surface area (Å²) in [5, 5.41) is 19.0. The number of amides is 2. The van der Waals surface area contributed by atoms with E-state index in [9.17, 15) is 14.4 Å². The van der Waals surface area contributed by atoms with Gasteiger partial charge in [-0.2, -0.15) is 0 Å². The number of fused-ring (bicyclic) bond motifs is 1. The van der Waals surface area contributed by atoms with E-state index in [1.807, 2.05) is 24.3 Å². The standard InChI is InChI=1S/C29H38N6O5/c1-29(2,3)40-27(37)24(35-28(38)39-19-20-8-5-4-6-9-20)18-33-26(36)22(16-30)17-31-15-13-23-12-11-21-10-7-14-32-25(21)34-23/h4-6,8-9,11-12,16-17,24,30-31H,7,10,13-15,18-19H2,1-3H3,(H,32,34)(H,33,36)(H,35,38)/b22-17+,30-16?/t24-/m0/s1. The summed E-state index contributed by atoms with van der Waals surface area (Å²) in [5.41, 5.74) is 2.17. The Morgan fingerprint density at radius 1 is 1.15 bits per heavy atom. The average molecular weight is 551 g/mol. The van der Waals surface area contributed by atoms with E-state index in [0.717, 1.165) is 42.7 Å². The molecule has 0 spiro atoms. The second-order valence-electron chi connectivity index (χ2n) is 10.3. The topological polar surface area (TPSA) is 155 Å². The number of aromatic nitrogens is 1. The number of nitrogens with zero attached hydrogens (tertiary/aromatic N) is 1. The summed E-state index contributed by atoms with van der Waals surface area (Å²) in [6.07, 6.45) is 4.27. The zero-order chi connectivity index (χ0) is 29.0. The van der Waals surface area contributed by atoms with Gasteiger partial charge in [0.25, 0.3) is 5.91 Å². The summed E-state index contributed by atoms with van der Waals surface area (Å²) in [6, 6.07) is 12.0. The first-order valence-electron chi connectivity index (χ1n) is 13.3. The van der Waals surface area contributed by atoms with Gasteiger partial charge in [0.2, 0.25) is 0 Å². The van der Waals surface area contributed by atoms with Crippen LogP contribution in [0.5, 0.6) is 0 Å². The van der Waals surface area contributed by atoms with Gasteiger partial charge in [-0.25, -0.2) is 14.6 Å². The van der Waals surface area contributed by atoms with E-state index in [1.165, 1.54) is 11.8 Å². The molecule has 11 heteroatoms. The van der Waals surface area contributed by atoms with Crippen molar-refractivity contribution in [2.75, 3.05) is 25.0 Å². The molecule has 0 unspecified atom stereocenters. The zero-order valence-electron chi connectivity index (χ0n) is 23.2. The molecule has 0 radical (unpaired) electrons. The van der Waals surface area contributed by atoms with Crippen molar-refractivity contribution in [3.05, 3.63) is 71.1 Å². The lowest BCUT2D eigenvalue weighted by Crippen LogP contribution is -2.50. The first kappa shape index (κ1) is 30.1. The highest BCUT2D eigenvalue weighted by molar-refractivity contribution is 6.11. The normalized spacial score (nSPS) is 13.6. The number of benzene rings is 1. The number of aryl methyl sites for hydroxylation is 1. The minimum Gasteiger partial charge on any atom is -0.458 e. The highest BCUT2D eigenvalue weighted by atomic mass is 16.6. The molecule has 1 atom stereocenters. The Morgan fingerprint density at radius 2 is 1.93 bits per heavy atom. The molecule has 0 bridgehead atoms. The van der Waals surface area contributed by atoms with Crippen molar-refractivity contribution in [2.45, 2.75) is 58.3 Å². The molecule has 11 nitrogen and oxygen atoms in total. The summed E-state index contributed by atoms with van der Waals surface area (Å²) >= 11 is 0. The van der Waals surface area contributed by atoms with E-state index < -0.39 is 29.6 Å². The van der Waals surface area contributed by atoms with E-state index in [2.05, 4.69) is 32.3 Å². The average Bonchev–Trinajstić information content (AvgIpc) is 2.93. The van der Waals surface area contributed by atoms with Crippen molar-refractivity contribution in [3.63, 3.8) is 0 Å². The Labute approximate surface area is 234 Å². The van der Waals surface area contributed by atoms with Crippen LogP contribution in [0.2, 0.25) is 0 Å². The Kier molecular flexibility index (Phi) is 11.0. The predicted molar refractivity (Wildman–Crippen MR) is 152 cm³/mol. The molecule has 0 aliphatic carbocycles. The Balaban J connectivity index is 1.52. The van der Waals surface area contributed by atoms with Crippen molar-refractivity contribution in [3.8, 4) is 0 Å². The lowest BCUT2D eigenvalue weighted by Gasteiger charge is -2.24. The van der Waals surface area contributed by atoms with Crippen LogP contribution in [0.3, 0.4) is 0 Å². The SMILES string of the molecule is CC(C)(C)OC(=O)[C@H](CNC(=O)/C(C=N)=C/NCCc1ccc2c(n1)NCCC2)NC(=O)OCc1ccccc1. The molecule has 5 N–H and O–H groups in total. The fourth-order valence-electron chi connectivity index (χ4n) is 3.83. The third-order valence-electron chi connectivity index (χ3n) is 5.82. The number of carbonyl (C=O) groups excluding carboxylic acids is 3. The number of carbonyl (C=O) groups is 3. The molecular formula is C29H38N6O5. The first-order chi connectivity index (χ1) is 19.1. The first-order valence-corrected chi connectivity index (χ1v) is 13.3. The summed E-state index contributed by atoms with van der Waals surface area (Å²) in [4.78, 5) is 42.5. The number of hydrogen-bond acceptors (Lipinski definition) is 9. The number of anilines is 1. The van der Waals surface area contributed by atoms with E-state index in [1.54, 1.807) is 32.9 Å². The third kappa shape index (κ3) is 10.0. The maximum Gasteiger partial charge on any atom is 0.408 e. The maximum absolute atomic E-state index is 12.7. The van der Waals surface area contributed by atoms with Gasteiger partial charge >= 0.3 is 12.1 Å². The monoisotopic (exact) mass is 550 g/mol. The second-order valence-corrected chi connectivity index (χ2v) is 10.3. The number of alkyl carbamates (subject to hydrolysis) is 1. The van der Waals surface area contributed by atoms with Crippen LogP contribution in [-0.2, 0) is 38.5 Å². The lowest BCUT2D eigenvalue weighted by molar-refractivity contribution is -0.157. The third-order valence-corrected chi connectivity index (χ3v) is 5.82. The molecule has 214 valence electrons. The highest BCUT2D eigenvalue weighted by Crippen LogP contribution is 2.19. The van der Waals surface area contributed by atoms with E-state index in [-0.39, 0.29) is 18.7 Å². The highest BCUT2D eigenvalue weighted by Gasteiger charge is 2.28. The molecule has 0 saturated heterocycles. The fraction of sp³-hybridized carbons (Fsp3) is 0.414. The van der Waals surface area contributed by atoms with Crippen molar-refractivity contribution in [1.29, 1.82) is 5.41 Å². The van der Waals surface area contributed by atoms with Gasteiger partial charge in [-0.1, -0.05) is 36.4 Å². The molecule has 1 aromatic heterocycles. The quantitative estimate of drug-likeness (QED) is 0.117. The van der Waals surface area contributed by atoms with E-state index in [0.29, 0.717) is 13.0 Å². The number of hydrogen-bond donors (Lipinski definition) is 5. The van der Waals surface area contributed by atoms with E-state index in [4.69, 9.17) is 14.9 Å². The van der Waals surface area contributed by atoms with Crippen LogP contribution in [0.4, 0.5) is 10.6 Å². The number of ether oxygens (including phenoxy) is 2. The molecule has 1 aromatic carbocycles. The van der Waals surface area contributed by atoms with Crippen molar-refractivity contribution in [2.24, 2.45) is 0 Å². The van der Waals surface area contributed by atoms with Gasteiger partial charge in [0.1, 0.15) is 24.1 Å². The van der Waals surface area contributed by atoms with Crippen LogP contribution in [0.1, 0.15) is 44.0 Å². The van der Waals surface area contributed by atoms with Gasteiger partial charge in [-0.15, -0.1) is 0 Å². The summed E-state index contributed by atoms with van der Waals surface area (Å²) < 4.78 is 10.6. The van der Waals surface area contributed by atoms with Crippen LogP contribution in [-0.4, -0.2) is 60.4 Å². The number of esters is 1. The summed E-state index contributed by atoms with van der Waals surface area (Å²) in [5.74, 6) is -0.391. The van der Waals surface area contributed by atoms with Crippen LogP contribution in [0.15, 0.2) is 54.2 Å². The minimum absolute atomic E-state index is 0.0178. The van der Waals surface area contributed by atoms with Gasteiger partial charge in [-0.3, -0.25) is 4.79 Å². The predicted octanol–water partition coefficient (Wildman–Crippen LogP) is 2.86.